The molecule has 1 aromatic rings. The molecule has 1 aliphatic rings. The first-order chi connectivity index (χ1) is 10.1. The number of rotatable bonds is 6. The van der Waals surface area contributed by atoms with Gasteiger partial charge < -0.3 is 15.3 Å². The topological polar surface area (TPSA) is 69.6 Å². The van der Waals surface area contributed by atoms with Gasteiger partial charge in [-0.05, 0) is 37.5 Å². The van der Waals surface area contributed by atoms with Gasteiger partial charge >= 0.3 is 0 Å². The third-order valence-corrected chi connectivity index (χ3v) is 3.86. The van der Waals surface area contributed by atoms with Crippen molar-refractivity contribution in [3.05, 3.63) is 29.8 Å². The summed E-state index contributed by atoms with van der Waals surface area (Å²) in [6.07, 6.45) is 0.935. The summed E-state index contributed by atoms with van der Waals surface area (Å²) in [5, 5.41) is 11.8. The van der Waals surface area contributed by atoms with Gasteiger partial charge in [0.1, 0.15) is 0 Å². The highest BCUT2D eigenvalue weighted by Gasteiger charge is 2.39. The fraction of sp³-hybridized carbons (Fsp3) is 0.500. The third kappa shape index (κ3) is 3.82. The standard InChI is InChI=1S/C16H22N2O3/c1-3-18(7-8-19)16(21)12-5-4-6-13(10-12)17-15(20)14-9-11(14)2/h4-6,10-11,14,19H,3,7-9H2,1-2H3,(H,17,20). The minimum atomic E-state index is -0.137. The molecule has 0 aromatic heterocycles. The molecule has 2 rings (SSSR count). The molecule has 114 valence electrons. The van der Waals surface area contributed by atoms with E-state index in [-0.39, 0.29) is 24.3 Å². The van der Waals surface area contributed by atoms with Gasteiger partial charge in [-0.3, -0.25) is 9.59 Å². The van der Waals surface area contributed by atoms with E-state index < -0.39 is 0 Å². The Morgan fingerprint density at radius 1 is 1.43 bits per heavy atom. The van der Waals surface area contributed by atoms with Crippen LogP contribution < -0.4 is 5.32 Å². The fourth-order valence-corrected chi connectivity index (χ4v) is 2.36. The zero-order valence-electron chi connectivity index (χ0n) is 12.5. The molecule has 2 N–H and O–H groups in total. The van der Waals surface area contributed by atoms with Crippen LogP contribution in [0.15, 0.2) is 24.3 Å². The molecular weight excluding hydrogens is 268 g/mol. The number of likely N-dealkylation sites (N-methyl/N-ethyl adjacent to an activating group) is 1. The van der Waals surface area contributed by atoms with Crippen molar-refractivity contribution in [2.45, 2.75) is 20.3 Å². The van der Waals surface area contributed by atoms with E-state index in [0.717, 1.165) is 6.42 Å². The Bertz CT molecular complexity index is 530. The van der Waals surface area contributed by atoms with Gasteiger partial charge in [-0.15, -0.1) is 0 Å². The van der Waals surface area contributed by atoms with E-state index in [4.69, 9.17) is 5.11 Å². The first-order valence-corrected chi connectivity index (χ1v) is 7.37. The Hall–Kier alpha value is -1.88. The summed E-state index contributed by atoms with van der Waals surface area (Å²) < 4.78 is 0. The van der Waals surface area contributed by atoms with Crippen LogP contribution in [0, 0.1) is 11.8 Å². The Morgan fingerprint density at radius 2 is 2.14 bits per heavy atom. The number of nitrogens with one attached hydrogen (secondary N) is 1. The number of carbonyl (C=O) groups excluding carboxylic acids is 2. The summed E-state index contributed by atoms with van der Waals surface area (Å²) in [4.78, 5) is 25.8. The molecule has 1 aliphatic carbocycles. The highest BCUT2D eigenvalue weighted by molar-refractivity contribution is 5.98. The molecule has 0 heterocycles. The molecule has 1 aromatic carbocycles. The van der Waals surface area contributed by atoms with Gasteiger partial charge in [0.05, 0.1) is 6.61 Å². The molecule has 5 nitrogen and oxygen atoms in total. The quantitative estimate of drug-likeness (QED) is 0.838. The minimum absolute atomic E-state index is 0.0230. The average Bonchev–Trinajstić information content (AvgIpc) is 3.21. The molecule has 1 saturated carbocycles. The second-order valence-electron chi connectivity index (χ2n) is 5.50. The first kappa shape index (κ1) is 15.5. The predicted molar refractivity (Wildman–Crippen MR) is 81.0 cm³/mol. The molecule has 2 unspecified atom stereocenters. The van der Waals surface area contributed by atoms with Crippen LogP contribution in [0.2, 0.25) is 0 Å². The van der Waals surface area contributed by atoms with Crippen LogP contribution in [-0.2, 0) is 4.79 Å². The normalized spacial score (nSPS) is 20.0. The van der Waals surface area contributed by atoms with Gasteiger partial charge in [-0.1, -0.05) is 13.0 Å². The smallest absolute Gasteiger partial charge is 0.253 e. The van der Waals surface area contributed by atoms with Crippen LogP contribution in [-0.4, -0.2) is 41.5 Å². The van der Waals surface area contributed by atoms with Gasteiger partial charge in [0.2, 0.25) is 5.91 Å². The van der Waals surface area contributed by atoms with Crippen LogP contribution in [0.25, 0.3) is 0 Å². The van der Waals surface area contributed by atoms with Gasteiger partial charge in [-0.25, -0.2) is 0 Å². The van der Waals surface area contributed by atoms with E-state index in [1.165, 1.54) is 0 Å². The largest absolute Gasteiger partial charge is 0.395 e. The molecule has 1 fully saturated rings. The zero-order valence-corrected chi connectivity index (χ0v) is 12.5. The number of anilines is 1. The number of hydrogen-bond donors (Lipinski definition) is 2. The summed E-state index contributed by atoms with van der Waals surface area (Å²) in [5.74, 6) is 0.443. The van der Waals surface area contributed by atoms with Crippen LogP contribution >= 0.6 is 0 Å². The van der Waals surface area contributed by atoms with E-state index in [0.29, 0.717) is 30.3 Å². The van der Waals surface area contributed by atoms with Crippen LogP contribution in [0.5, 0.6) is 0 Å². The van der Waals surface area contributed by atoms with E-state index in [2.05, 4.69) is 12.2 Å². The average molecular weight is 290 g/mol. The first-order valence-electron chi connectivity index (χ1n) is 7.37. The van der Waals surface area contributed by atoms with Crippen molar-refractivity contribution in [2.24, 2.45) is 11.8 Å². The summed E-state index contributed by atoms with van der Waals surface area (Å²) in [7, 11) is 0. The summed E-state index contributed by atoms with van der Waals surface area (Å²) in [5.41, 5.74) is 1.16. The molecule has 0 bridgehead atoms. The SMILES string of the molecule is CCN(CCO)C(=O)c1cccc(NC(=O)C2CC2C)c1. The van der Waals surface area contributed by atoms with Gasteiger partial charge in [0.25, 0.3) is 5.91 Å². The Kier molecular flexibility index (Phi) is 4.96. The van der Waals surface area contributed by atoms with Crippen molar-refractivity contribution < 1.29 is 14.7 Å². The number of amides is 2. The maximum Gasteiger partial charge on any atom is 0.253 e. The molecule has 0 radical (unpaired) electrons. The highest BCUT2D eigenvalue weighted by Crippen LogP contribution is 2.38. The van der Waals surface area contributed by atoms with E-state index in [1.54, 1.807) is 29.2 Å². The number of benzene rings is 1. The number of carbonyl (C=O) groups is 2. The second-order valence-corrected chi connectivity index (χ2v) is 5.50. The summed E-state index contributed by atoms with van der Waals surface area (Å²) in [6.45, 7) is 4.71. The fourth-order valence-electron chi connectivity index (χ4n) is 2.36. The Balaban J connectivity index is 2.06. The lowest BCUT2D eigenvalue weighted by Gasteiger charge is -2.20. The monoisotopic (exact) mass is 290 g/mol. The molecule has 0 saturated heterocycles. The molecule has 0 aliphatic heterocycles. The van der Waals surface area contributed by atoms with E-state index in [9.17, 15) is 9.59 Å². The summed E-state index contributed by atoms with van der Waals surface area (Å²) >= 11 is 0. The lowest BCUT2D eigenvalue weighted by Crippen LogP contribution is -2.33. The molecule has 2 amide bonds. The summed E-state index contributed by atoms with van der Waals surface area (Å²) in [6, 6.07) is 6.95. The lowest BCUT2D eigenvalue weighted by molar-refractivity contribution is -0.117. The molecule has 2 atom stereocenters. The molecule has 21 heavy (non-hydrogen) atoms. The molecule has 0 spiro atoms. The molecular formula is C16H22N2O3. The van der Waals surface area contributed by atoms with E-state index >= 15 is 0 Å². The van der Waals surface area contributed by atoms with Crippen molar-refractivity contribution in [1.82, 2.24) is 4.90 Å². The lowest BCUT2D eigenvalue weighted by atomic mass is 10.1. The second kappa shape index (κ2) is 6.72. The van der Waals surface area contributed by atoms with Crippen LogP contribution in [0.1, 0.15) is 30.6 Å². The van der Waals surface area contributed by atoms with Crippen LogP contribution in [0.4, 0.5) is 5.69 Å². The zero-order chi connectivity index (χ0) is 15.4. The maximum absolute atomic E-state index is 12.3. The number of aliphatic hydroxyl groups is 1. The van der Waals surface area contributed by atoms with Gasteiger partial charge in [-0.2, -0.15) is 0 Å². The Labute approximate surface area is 125 Å². The number of hydrogen-bond acceptors (Lipinski definition) is 3. The predicted octanol–water partition coefficient (Wildman–Crippen LogP) is 1.74. The van der Waals surface area contributed by atoms with Crippen molar-refractivity contribution in [2.75, 3.05) is 25.0 Å². The van der Waals surface area contributed by atoms with Crippen molar-refractivity contribution >= 4 is 17.5 Å². The number of aliphatic hydroxyl groups excluding tert-OH is 1. The Morgan fingerprint density at radius 3 is 2.71 bits per heavy atom. The molecule has 5 heteroatoms. The maximum atomic E-state index is 12.3. The highest BCUT2D eigenvalue weighted by atomic mass is 16.3. The van der Waals surface area contributed by atoms with Crippen molar-refractivity contribution in [1.29, 1.82) is 0 Å². The third-order valence-electron chi connectivity index (χ3n) is 3.86. The van der Waals surface area contributed by atoms with Crippen LogP contribution in [0.3, 0.4) is 0 Å². The van der Waals surface area contributed by atoms with Gasteiger partial charge in [0, 0.05) is 30.3 Å². The minimum Gasteiger partial charge on any atom is -0.395 e. The van der Waals surface area contributed by atoms with E-state index in [1.807, 2.05) is 6.92 Å². The van der Waals surface area contributed by atoms with Crippen molar-refractivity contribution in [3.8, 4) is 0 Å². The van der Waals surface area contributed by atoms with Crippen molar-refractivity contribution in [3.63, 3.8) is 0 Å². The van der Waals surface area contributed by atoms with Gasteiger partial charge in [0.15, 0.2) is 0 Å². The number of nitrogens with zero attached hydrogens (tertiary/aromatic N) is 1.